The summed E-state index contributed by atoms with van der Waals surface area (Å²) < 4.78 is 5.18. The Hall–Kier alpha value is -0.120. The molecule has 0 spiro atoms. The number of nitrogens with zero attached hydrogens (tertiary/aromatic N) is 1. The molecule has 1 aliphatic carbocycles. The van der Waals surface area contributed by atoms with Gasteiger partial charge >= 0.3 is 0 Å². The summed E-state index contributed by atoms with van der Waals surface area (Å²) in [5, 5.41) is 3.77. The van der Waals surface area contributed by atoms with Crippen molar-refractivity contribution in [2.45, 2.75) is 65.3 Å². The van der Waals surface area contributed by atoms with Crippen molar-refractivity contribution in [1.29, 1.82) is 0 Å². The lowest BCUT2D eigenvalue weighted by atomic mass is 9.69. The van der Waals surface area contributed by atoms with E-state index >= 15 is 0 Å². The first-order valence-electron chi connectivity index (χ1n) is 8.69. The lowest BCUT2D eigenvalue weighted by molar-refractivity contribution is 0.0799. The Balaban J connectivity index is 2.59. The molecule has 0 aromatic heterocycles. The smallest absolute Gasteiger partial charge is 0.0474 e. The minimum absolute atomic E-state index is 0.211. The van der Waals surface area contributed by atoms with Gasteiger partial charge in [-0.2, -0.15) is 0 Å². The molecule has 1 aliphatic rings. The maximum Gasteiger partial charge on any atom is 0.0474 e. The maximum absolute atomic E-state index is 5.18. The van der Waals surface area contributed by atoms with Crippen LogP contribution in [0, 0.1) is 11.3 Å². The van der Waals surface area contributed by atoms with E-state index in [1.807, 2.05) is 0 Å². The highest BCUT2D eigenvalue weighted by Gasteiger charge is 2.36. The van der Waals surface area contributed by atoms with Gasteiger partial charge in [0, 0.05) is 38.9 Å². The van der Waals surface area contributed by atoms with Crippen LogP contribution in [0.1, 0.15) is 59.8 Å². The predicted molar refractivity (Wildman–Crippen MR) is 91.8 cm³/mol. The molecule has 0 saturated heterocycles. The van der Waals surface area contributed by atoms with Crippen molar-refractivity contribution in [3.63, 3.8) is 0 Å². The van der Waals surface area contributed by atoms with Crippen molar-refractivity contribution in [3.05, 3.63) is 0 Å². The first-order chi connectivity index (χ1) is 9.76. The van der Waals surface area contributed by atoms with Gasteiger partial charge in [-0.3, -0.25) is 0 Å². The van der Waals surface area contributed by atoms with Gasteiger partial charge < -0.3 is 15.0 Å². The molecule has 0 radical (unpaired) electrons. The van der Waals surface area contributed by atoms with Crippen molar-refractivity contribution >= 4 is 0 Å². The fourth-order valence-corrected chi connectivity index (χ4v) is 3.71. The Kier molecular flexibility index (Phi) is 7.66. The topological polar surface area (TPSA) is 24.5 Å². The fraction of sp³-hybridized carbons (Fsp3) is 1.00. The van der Waals surface area contributed by atoms with Crippen LogP contribution >= 0.6 is 0 Å². The monoisotopic (exact) mass is 298 g/mol. The zero-order chi connectivity index (χ0) is 15.9. The number of nitrogens with one attached hydrogen (secondary N) is 1. The number of hydrogen-bond acceptors (Lipinski definition) is 3. The molecule has 126 valence electrons. The van der Waals surface area contributed by atoms with E-state index in [0.29, 0.717) is 5.41 Å². The molecular formula is C18H38N2O. The van der Waals surface area contributed by atoms with E-state index in [2.05, 4.69) is 45.0 Å². The molecule has 2 unspecified atom stereocenters. The number of hydrogen-bond donors (Lipinski definition) is 1. The Labute approximate surface area is 132 Å². The molecule has 1 N–H and O–H groups in total. The minimum Gasteiger partial charge on any atom is -0.385 e. The van der Waals surface area contributed by atoms with Gasteiger partial charge in [0.1, 0.15) is 0 Å². The third-order valence-electron chi connectivity index (χ3n) is 4.67. The SMILES string of the molecule is COCCCN(C)CC1(CNC(C)(C)C)CCCC(C)C1. The lowest BCUT2D eigenvalue weighted by Crippen LogP contribution is -2.50. The summed E-state index contributed by atoms with van der Waals surface area (Å²) in [6, 6.07) is 0. The van der Waals surface area contributed by atoms with Crippen molar-refractivity contribution < 1.29 is 4.74 Å². The molecule has 0 aromatic rings. The Morgan fingerprint density at radius 2 is 2.05 bits per heavy atom. The molecule has 0 bridgehead atoms. The van der Waals surface area contributed by atoms with Crippen molar-refractivity contribution in [3.8, 4) is 0 Å². The second-order valence-electron chi connectivity index (χ2n) is 8.39. The maximum atomic E-state index is 5.18. The summed E-state index contributed by atoms with van der Waals surface area (Å²) in [6.45, 7) is 13.6. The third-order valence-corrected chi connectivity index (χ3v) is 4.67. The third kappa shape index (κ3) is 7.62. The molecule has 3 nitrogen and oxygen atoms in total. The van der Waals surface area contributed by atoms with Crippen LogP contribution in [0.4, 0.5) is 0 Å². The molecule has 3 heteroatoms. The number of methoxy groups -OCH3 is 1. The number of rotatable bonds is 8. The van der Waals surface area contributed by atoms with Crippen LogP contribution in [0.5, 0.6) is 0 Å². The predicted octanol–water partition coefficient (Wildman–Crippen LogP) is 3.54. The van der Waals surface area contributed by atoms with Crippen molar-refractivity contribution in [2.75, 3.05) is 40.4 Å². The molecule has 0 aliphatic heterocycles. The van der Waals surface area contributed by atoms with E-state index in [-0.39, 0.29) is 5.54 Å². The highest BCUT2D eigenvalue weighted by molar-refractivity contribution is 4.91. The highest BCUT2D eigenvalue weighted by Crippen LogP contribution is 2.39. The van der Waals surface area contributed by atoms with Gasteiger partial charge in [-0.15, -0.1) is 0 Å². The van der Waals surface area contributed by atoms with Gasteiger partial charge in [-0.05, 0) is 58.4 Å². The minimum atomic E-state index is 0.211. The molecule has 0 amide bonds. The van der Waals surface area contributed by atoms with E-state index in [4.69, 9.17) is 4.74 Å². The van der Waals surface area contributed by atoms with Crippen LogP contribution in [0.25, 0.3) is 0 Å². The molecule has 0 aromatic carbocycles. The van der Waals surface area contributed by atoms with E-state index in [9.17, 15) is 0 Å². The second kappa shape index (κ2) is 8.50. The molecule has 1 saturated carbocycles. The van der Waals surface area contributed by atoms with Gasteiger partial charge in [0.05, 0.1) is 0 Å². The zero-order valence-electron chi connectivity index (χ0n) is 15.3. The first-order valence-corrected chi connectivity index (χ1v) is 8.69. The molecule has 2 atom stereocenters. The Morgan fingerprint density at radius 1 is 1.33 bits per heavy atom. The average molecular weight is 299 g/mol. The normalized spacial score (nSPS) is 27.3. The van der Waals surface area contributed by atoms with Gasteiger partial charge in [0.15, 0.2) is 0 Å². The summed E-state index contributed by atoms with van der Waals surface area (Å²) in [5.74, 6) is 0.868. The number of ether oxygens (including phenoxy) is 1. The van der Waals surface area contributed by atoms with Gasteiger partial charge in [0.2, 0.25) is 0 Å². The standard InChI is InChI=1S/C18H38N2O/c1-16-9-7-10-18(13-16,14-19-17(2,3)4)15-20(5)11-8-12-21-6/h16,19H,7-15H2,1-6H3. The molecule has 1 fully saturated rings. The van der Waals surface area contributed by atoms with E-state index in [1.54, 1.807) is 7.11 Å². The van der Waals surface area contributed by atoms with Crippen LogP contribution in [0.15, 0.2) is 0 Å². The second-order valence-corrected chi connectivity index (χ2v) is 8.39. The first kappa shape index (κ1) is 18.9. The largest absolute Gasteiger partial charge is 0.385 e. The lowest BCUT2D eigenvalue weighted by Gasteiger charge is -2.44. The van der Waals surface area contributed by atoms with Crippen molar-refractivity contribution in [1.82, 2.24) is 10.2 Å². The van der Waals surface area contributed by atoms with Crippen LogP contribution in [0.2, 0.25) is 0 Å². The van der Waals surface area contributed by atoms with Gasteiger partial charge in [-0.1, -0.05) is 19.8 Å². The summed E-state index contributed by atoms with van der Waals surface area (Å²) >= 11 is 0. The van der Waals surface area contributed by atoms with Crippen LogP contribution in [0.3, 0.4) is 0 Å². The van der Waals surface area contributed by atoms with Gasteiger partial charge in [0.25, 0.3) is 0 Å². The average Bonchev–Trinajstić information content (AvgIpc) is 2.36. The Morgan fingerprint density at radius 3 is 2.62 bits per heavy atom. The van der Waals surface area contributed by atoms with Crippen LogP contribution < -0.4 is 5.32 Å². The summed E-state index contributed by atoms with van der Waals surface area (Å²) in [5.41, 5.74) is 0.662. The van der Waals surface area contributed by atoms with E-state index < -0.39 is 0 Å². The zero-order valence-corrected chi connectivity index (χ0v) is 15.3. The van der Waals surface area contributed by atoms with E-state index in [0.717, 1.165) is 32.0 Å². The van der Waals surface area contributed by atoms with Gasteiger partial charge in [-0.25, -0.2) is 0 Å². The quantitative estimate of drug-likeness (QED) is 0.694. The highest BCUT2D eigenvalue weighted by atomic mass is 16.5. The molecular weight excluding hydrogens is 260 g/mol. The summed E-state index contributed by atoms with van der Waals surface area (Å²) in [4.78, 5) is 2.52. The van der Waals surface area contributed by atoms with Crippen LogP contribution in [-0.4, -0.2) is 50.8 Å². The fourth-order valence-electron chi connectivity index (χ4n) is 3.71. The molecule has 1 rings (SSSR count). The molecule has 0 heterocycles. The molecule has 21 heavy (non-hydrogen) atoms. The summed E-state index contributed by atoms with van der Waals surface area (Å²) in [7, 11) is 4.06. The summed E-state index contributed by atoms with van der Waals surface area (Å²) in [6.07, 6.45) is 6.66. The van der Waals surface area contributed by atoms with Crippen LogP contribution in [-0.2, 0) is 4.74 Å². The Bertz CT molecular complexity index is 287. The van der Waals surface area contributed by atoms with Crippen molar-refractivity contribution in [2.24, 2.45) is 11.3 Å². The van der Waals surface area contributed by atoms with E-state index in [1.165, 1.54) is 32.2 Å².